The summed E-state index contributed by atoms with van der Waals surface area (Å²) in [6, 6.07) is 3.53. The molecule has 0 N–H and O–H groups in total. The number of furan rings is 1. The Hall–Kier alpha value is -1.82. The summed E-state index contributed by atoms with van der Waals surface area (Å²) < 4.78 is 10.6. The number of aryl methyl sites for hydroxylation is 1. The SMILES string of the molecule is COCCN1CCC2(CCCN(C(=O)c3ccc(C)o3)CC2)C1=O. The number of rotatable bonds is 4. The van der Waals surface area contributed by atoms with E-state index in [4.69, 9.17) is 9.15 Å². The summed E-state index contributed by atoms with van der Waals surface area (Å²) in [6.45, 7) is 5.16. The molecule has 0 saturated carbocycles. The van der Waals surface area contributed by atoms with Crippen LogP contribution in [0.2, 0.25) is 0 Å². The first kappa shape index (κ1) is 17.0. The van der Waals surface area contributed by atoms with E-state index in [1.54, 1.807) is 19.2 Å². The molecule has 1 aromatic rings. The van der Waals surface area contributed by atoms with E-state index in [9.17, 15) is 9.59 Å². The van der Waals surface area contributed by atoms with Crippen molar-refractivity contribution in [3.63, 3.8) is 0 Å². The number of hydrogen-bond donors (Lipinski definition) is 0. The van der Waals surface area contributed by atoms with Crippen LogP contribution in [0.15, 0.2) is 16.5 Å². The molecule has 0 aromatic carbocycles. The molecule has 0 bridgehead atoms. The lowest BCUT2D eigenvalue weighted by Gasteiger charge is -2.26. The monoisotopic (exact) mass is 334 g/mol. The number of carbonyl (C=O) groups excluding carboxylic acids is 2. The highest BCUT2D eigenvalue weighted by Crippen LogP contribution is 2.41. The summed E-state index contributed by atoms with van der Waals surface area (Å²) in [5, 5.41) is 0. The molecule has 1 unspecified atom stereocenters. The fraction of sp³-hybridized carbons (Fsp3) is 0.667. The van der Waals surface area contributed by atoms with E-state index in [1.807, 2.05) is 16.7 Å². The third-order valence-electron chi connectivity index (χ3n) is 5.35. The maximum absolute atomic E-state index is 12.8. The van der Waals surface area contributed by atoms with Gasteiger partial charge in [-0.15, -0.1) is 0 Å². The number of carbonyl (C=O) groups is 2. The number of hydrogen-bond acceptors (Lipinski definition) is 4. The fourth-order valence-electron chi connectivity index (χ4n) is 3.87. The van der Waals surface area contributed by atoms with Crippen molar-refractivity contribution in [3.8, 4) is 0 Å². The maximum atomic E-state index is 12.8. The van der Waals surface area contributed by atoms with Crippen LogP contribution in [-0.2, 0) is 9.53 Å². The Bertz CT molecular complexity index is 612. The van der Waals surface area contributed by atoms with Crippen LogP contribution in [0.25, 0.3) is 0 Å². The van der Waals surface area contributed by atoms with Crippen molar-refractivity contribution >= 4 is 11.8 Å². The van der Waals surface area contributed by atoms with E-state index >= 15 is 0 Å². The molecule has 3 heterocycles. The molecule has 0 aliphatic carbocycles. The zero-order valence-corrected chi connectivity index (χ0v) is 14.5. The van der Waals surface area contributed by atoms with Crippen LogP contribution in [0, 0.1) is 12.3 Å². The Morgan fingerprint density at radius 1 is 1.25 bits per heavy atom. The lowest BCUT2D eigenvalue weighted by atomic mass is 9.79. The molecule has 1 aromatic heterocycles. The van der Waals surface area contributed by atoms with Gasteiger partial charge < -0.3 is 19.0 Å². The van der Waals surface area contributed by atoms with Crippen molar-refractivity contribution in [3.05, 3.63) is 23.7 Å². The van der Waals surface area contributed by atoms with Crippen molar-refractivity contribution in [2.75, 3.05) is 39.9 Å². The summed E-state index contributed by atoms with van der Waals surface area (Å²) in [6.07, 6.45) is 3.34. The lowest BCUT2D eigenvalue weighted by Crippen LogP contribution is -2.37. The topological polar surface area (TPSA) is 63.0 Å². The van der Waals surface area contributed by atoms with Crippen LogP contribution in [-0.4, -0.2) is 61.5 Å². The Morgan fingerprint density at radius 3 is 2.75 bits per heavy atom. The van der Waals surface area contributed by atoms with Gasteiger partial charge in [0.25, 0.3) is 5.91 Å². The predicted molar refractivity (Wildman–Crippen MR) is 88.7 cm³/mol. The van der Waals surface area contributed by atoms with Crippen molar-refractivity contribution in [1.82, 2.24) is 9.80 Å². The zero-order valence-electron chi connectivity index (χ0n) is 14.5. The Balaban J connectivity index is 1.65. The maximum Gasteiger partial charge on any atom is 0.289 e. The summed E-state index contributed by atoms with van der Waals surface area (Å²) >= 11 is 0. The molecule has 6 heteroatoms. The third-order valence-corrected chi connectivity index (χ3v) is 5.35. The Morgan fingerprint density at radius 2 is 2.04 bits per heavy atom. The zero-order chi connectivity index (χ0) is 17.2. The molecule has 2 aliphatic heterocycles. The van der Waals surface area contributed by atoms with E-state index in [0.717, 1.165) is 38.0 Å². The minimum atomic E-state index is -0.290. The van der Waals surface area contributed by atoms with E-state index < -0.39 is 0 Å². The first-order chi connectivity index (χ1) is 11.6. The van der Waals surface area contributed by atoms with Gasteiger partial charge >= 0.3 is 0 Å². The molecular weight excluding hydrogens is 308 g/mol. The highest BCUT2D eigenvalue weighted by molar-refractivity contribution is 5.91. The molecule has 2 saturated heterocycles. The standard InChI is InChI=1S/C18H26N2O4/c1-14-4-5-15(24-14)16(21)19-9-3-6-18(7-10-19)8-11-20(17(18)22)12-13-23-2/h4-5H,3,6-13H2,1-2H3. The second kappa shape index (κ2) is 6.97. The van der Waals surface area contributed by atoms with Crippen LogP contribution in [0.4, 0.5) is 0 Å². The summed E-state index contributed by atoms with van der Waals surface area (Å²) in [5.74, 6) is 1.30. The minimum Gasteiger partial charge on any atom is -0.456 e. The normalized spacial score (nSPS) is 24.7. The number of nitrogens with zero attached hydrogens (tertiary/aromatic N) is 2. The van der Waals surface area contributed by atoms with Gasteiger partial charge in [0.15, 0.2) is 5.76 Å². The van der Waals surface area contributed by atoms with E-state index in [-0.39, 0.29) is 17.2 Å². The number of ether oxygens (including phenoxy) is 1. The highest BCUT2D eigenvalue weighted by Gasteiger charge is 2.47. The number of likely N-dealkylation sites (tertiary alicyclic amines) is 2. The molecule has 132 valence electrons. The number of amides is 2. The number of methoxy groups -OCH3 is 1. The molecule has 2 amide bonds. The van der Waals surface area contributed by atoms with Crippen LogP contribution >= 0.6 is 0 Å². The Kier molecular flexibility index (Phi) is 4.94. The van der Waals surface area contributed by atoms with Crippen LogP contribution < -0.4 is 0 Å². The molecule has 1 spiro atoms. The molecule has 2 aliphatic rings. The van der Waals surface area contributed by atoms with Crippen molar-refractivity contribution in [2.45, 2.75) is 32.6 Å². The summed E-state index contributed by atoms with van der Waals surface area (Å²) in [5.41, 5.74) is -0.290. The Labute approximate surface area is 142 Å². The van der Waals surface area contributed by atoms with Gasteiger partial charge in [0.05, 0.1) is 12.0 Å². The molecule has 24 heavy (non-hydrogen) atoms. The first-order valence-corrected chi connectivity index (χ1v) is 8.70. The molecular formula is C18H26N2O4. The second-order valence-electron chi connectivity index (χ2n) is 6.87. The molecule has 0 radical (unpaired) electrons. The average molecular weight is 334 g/mol. The fourth-order valence-corrected chi connectivity index (χ4v) is 3.87. The van der Waals surface area contributed by atoms with Crippen molar-refractivity contribution in [2.24, 2.45) is 5.41 Å². The van der Waals surface area contributed by atoms with Gasteiger partial charge in [0.1, 0.15) is 5.76 Å². The van der Waals surface area contributed by atoms with Gasteiger partial charge in [-0.1, -0.05) is 0 Å². The smallest absolute Gasteiger partial charge is 0.289 e. The average Bonchev–Trinajstić information content (AvgIpc) is 3.05. The molecule has 6 nitrogen and oxygen atoms in total. The van der Waals surface area contributed by atoms with Crippen molar-refractivity contribution < 1.29 is 18.7 Å². The van der Waals surface area contributed by atoms with Crippen LogP contribution in [0.5, 0.6) is 0 Å². The predicted octanol–water partition coefficient (Wildman–Crippen LogP) is 2.08. The highest BCUT2D eigenvalue weighted by atomic mass is 16.5. The summed E-state index contributed by atoms with van der Waals surface area (Å²) in [7, 11) is 1.65. The quantitative estimate of drug-likeness (QED) is 0.846. The lowest BCUT2D eigenvalue weighted by molar-refractivity contribution is -0.137. The van der Waals surface area contributed by atoms with Gasteiger partial charge in [-0.3, -0.25) is 9.59 Å². The van der Waals surface area contributed by atoms with E-state index in [2.05, 4.69) is 0 Å². The third kappa shape index (κ3) is 3.20. The largest absolute Gasteiger partial charge is 0.456 e. The van der Waals surface area contributed by atoms with Crippen LogP contribution in [0.1, 0.15) is 42.0 Å². The molecule has 3 rings (SSSR count). The van der Waals surface area contributed by atoms with Crippen molar-refractivity contribution in [1.29, 1.82) is 0 Å². The summed E-state index contributed by atoms with van der Waals surface area (Å²) in [4.78, 5) is 29.2. The van der Waals surface area contributed by atoms with Crippen LogP contribution in [0.3, 0.4) is 0 Å². The molecule has 1 atom stereocenters. The van der Waals surface area contributed by atoms with Gasteiger partial charge in [0, 0.05) is 33.3 Å². The minimum absolute atomic E-state index is 0.0677. The van der Waals surface area contributed by atoms with E-state index in [1.165, 1.54) is 0 Å². The van der Waals surface area contributed by atoms with Gasteiger partial charge in [-0.2, -0.15) is 0 Å². The van der Waals surface area contributed by atoms with Gasteiger partial charge in [-0.25, -0.2) is 0 Å². The van der Waals surface area contributed by atoms with Gasteiger partial charge in [-0.05, 0) is 44.7 Å². The van der Waals surface area contributed by atoms with Gasteiger partial charge in [0.2, 0.25) is 5.91 Å². The van der Waals surface area contributed by atoms with E-state index in [0.29, 0.717) is 32.0 Å². The second-order valence-corrected chi connectivity index (χ2v) is 6.87. The first-order valence-electron chi connectivity index (χ1n) is 8.70. The molecule has 2 fully saturated rings.